The van der Waals surface area contributed by atoms with Gasteiger partial charge in [0, 0.05) is 41.2 Å². The molecule has 0 spiro atoms. The molecular formula is C47H51N5. The van der Waals surface area contributed by atoms with Crippen molar-refractivity contribution in [3.63, 3.8) is 0 Å². The first-order valence-electron chi connectivity index (χ1n) is 17.8. The third-order valence-electron chi connectivity index (χ3n) is 9.02. The minimum atomic E-state index is 0.645. The second-order valence-electron chi connectivity index (χ2n) is 13.5. The monoisotopic (exact) mass is 685 g/mol. The van der Waals surface area contributed by atoms with Crippen LogP contribution in [-0.2, 0) is 6.67 Å². The molecule has 4 aromatic heterocycles. The smallest absolute Gasteiger partial charge is 0.100 e. The standard InChI is InChI=1S/C38H32N4.C5H10.C4H9N/c1-5-7-11-27(6-2)33-20-31-29-18-25(3)14-16-35(29)41(37(31)22-39-33)24-42-36-17-15-26(4)19-30(36)32-21-34(40-23-38(32)42)28-12-9-8-10-13-28;2*1-4-5(2)3/h5-23H,1,24H2,2-4H3;4-5H,1H2,2-3H3;4H,1H2,2-3H3/b11-7-,27-6+;;. The summed E-state index contributed by atoms with van der Waals surface area (Å²) in [5, 5.41) is 4.89. The molecule has 5 nitrogen and oxygen atoms in total. The highest BCUT2D eigenvalue weighted by Crippen LogP contribution is 2.35. The van der Waals surface area contributed by atoms with Crippen molar-refractivity contribution in [1.82, 2.24) is 24.0 Å². The molecule has 0 saturated carbocycles. The average Bonchev–Trinajstić information content (AvgIpc) is 3.63. The van der Waals surface area contributed by atoms with Crippen molar-refractivity contribution in [1.29, 1.82) is 0 Å². The Morgan fingerprint density at radius 2 is 1.25 bits per heavy atom. The number of allylic oxidation sites excluding steroid dienone is 6. The van der Waals surface area contributed by atoms with E-state index in [2.05, 4.69) is 142 Å². The minimum absolute atomic E-state index is 0.645. The van der Waals surface area contributed by atoms with Crippen LogP contribution in [0.25, 0.3) is 60.4 Å². The number of benzene rings is 3. The Morgan fingerprint density at radius 1 is 0.731 bits per heavy atom. The second kappa shape index (κ2) is 16.8. The fourth-order valence-corrected chi connectivity index (χ4v) is 6.09. The predicted molar refractivity (Wildman–Crippen MR) is 227 cm³/mol. The van der Waals surface area contributed by atoms with Crippen LogP contribution >= 0.6 is 0 Å². The van der Waals surface area contributed by atoms with Crippen molar-refractivity contribution in [3.8, 4) is 11.3 Å². The van der Waals surface area contributed by atoms with E-state index in [1.54, 1.807) is 12.3 Å². The van der Waals surface area contributed by atoms with Gasteiger partial charge in [-0.1, -0.05) is 111 Å². The van der Waals surface area contributed by atoms with E-state index in [4.69, 9.17) is 9.97 Å². The van der Waals surface area contributed by atoms with Crippen LogP contribution in [-0.4, -0.2) is 38.1 Å². The van der Waals surface area contributed by atoms with Crippen molar-refractivity contribution >= 4 is 49.2 Å². The normalized spacial score (nSPS) is 11.5. The Balaban J connectivity index is 0.000000464. The van der Waals surface area contributed by atoms with Crippen LogP contribution in [0.5, 0.6) is 0 Å². The molecule has 3 aromatic carbocycles. The molecule has 0 aliphatic carbocycles. The topological polar surface area (TPSA) is 38.9 Å². The summed E-state index contributed by atoms with van der Waals surface area (Å²) in [4.78, 5) is 11.7. The molecule has 5 heteroatoms. The first kappa shape index (κ1) is 37.3. The number of aryl methyl sites for hydroxylation is 2. The lowest BCUT2D eigenvalue weighted by Gasteiger charge is -2.12. The number of aromatic nitrogens is 4. The molecule has 0 bridgehead atoms. The molecule has 264 valence electrons. The zero-order chi connectivity index (χ0) is 37.4. The number of rotatable bonds is 8. The van der Waals surface area contributed by atoms with Crippen molar-refractivity contribution in [2.24, 2.45) is 5.92 Å². The van der Waals surface area contributed by atoms with Crippen LogP contribution < -0.4 is 0 Å². The molecule has 0 aliphatic rings. The Labute approximate surface area is 309 Å². The van der Waals surface area contributed by atoms with Gasteiger partial charge in [-0.25, -0.2) is 0 Å². The fourth-order valence-electron chi connectivity index (χ4n) is 6.09. The van der Waals surface area contributed by atoms with Gasteiger partial charge in [0.05, 0.1) is 45.8 Å². The Kier molecular flexibility index (Phi) is 12.1. The second-order valence-corrected chi connectivity index (χ2v) is 13.5. The van der Waals surface area contributed by atoms with Crippen LogP contribution in [0.4, 0.5) is 0 Å². The van der Waals surface area contributed by atoms with Crippen LogP contribution in [0.2, 0.25) is 0 Å². The first-order chi connectivity index (χ1) is 25.1. The third kappa shape index (κ3) is 8.16. The molecule has 0 amide bonds. The molecule has 0 radical (unpaired) electrons. The maximum Gasteiger partial charge on any atom is 0.100 e. The number of nitrogens with zero attached hydrogens (tertiary/aromatic N) is 5. The zero-order valence-corrected chi connectivity index (χ0v) is 31.8. The van der Waals surface area contributed by atoms with Crippen LogP contribution in [0, 0.1) is 19.8 Å². The molecule has 7 aromatic rings. The molecule has 52 heavy (non-hydrogen) atoms. The molecule has 7 rings (SSSR count). The van der Waals surface area contributed by atoms with Gasteiger partial charge in [0.1, 0.15) is 6.67 Å². The van der Waals surface area contributed by atoms with Crippen LogP contribution in [0.3, 0.4) is 0 Å². The number of hydrogen-bond donors (Lipinski definition) is 0. The highest BCUT2D eigenvalue weighted by molar-refractivity contribution is 6.10. The van der Waals surface area contributed by atoms with E-state index in [0.717, 1.165) is 33.6 Å². The largest absolute Gasteiger partial charge is 0.384 e. The average molecular weight is 686 g/mol. The van der Waals surface area contributed by atoms with Crippen molar-refractivity contribution in [3.05, 3.63) is 164 Å². The molecule has 0 N–H and O–H groups in total. The maximum absolute atomic E-state index is 4.92. The van der Waals surface area contributed by atoms with E-state index in [1.807, 2.05) is 56.5 Å². The Hall–Kier alpha value is -5.94. The maximum atomic E-state index is 4.92. The molecule has 0 fully saturated rings. The minimum Gasteiger partial charge on any atom is -0.384 e. The van der Waals surface area contributed by atoms with Gasteiger partial charge in [-0.15, -0.1) is 6.58 Å². The Morgan fingerprint density at radius 3 is 1.75 bits per heavy atom. The van der Waals surface area contributed by atoms with Gasteiger partial charge in [0.2, 0.25) is 0 Å². The Bertz CT molecular complexity index is 2400. The van der Waals surface area contributed by atoms with Crippen LogP contribution in [0.1, 0.15) is 37.6 Å². The molecule has 4 heterocycles. The summed E-state index contributed by atoms with van der Waals surface area (Å²) < 4.78 is 4.78. The van der Waals surface area contributed by atoms with E-state index < -0.39 is 0 Å². The van der Waals surface area contributed by atoms with Gasteiger partial charge in [-0.3, -0.25) is 9.97 Å². The number of pyridine rings is 2. The fraction of sp³-hybridized carbons (Fsp3) is 0.191. The van der Waals surface area contributed by atoms with E-state index in [0.29, 0.717) is 12.6 Å². The molecule has 0 aliphatic heterocycles. The van der Waals surface area contributed by atoms with E-state index in [1.165, 1.54) is 43.7 Å². The molecule has 0 atom stereocenters. The summed E-state index contributed by atoms with van der Waals surface area (Å²) in [6, 6.07) is 28.3. The van der Waals surface area contributed by atoms with Gasteiger partial charge >= 0.3 is 0 Å². The molecule has 0 unspecified atom stereocenters. The van der Waals surface area contributed by atoms with Crippen molar-refractivity contribution in [2.75, 3.05) is 14.1 Å². The van der Waals surface area contributed by atoms with E-state index in [-0.39, 0.29) is 0 Å². The van der Waals surface area contributed by atoms with Gasteiger partial charge < -0.3 is 14.0 Å². The number of hydrogen-bond acceptors (Lipinski definition) is 3. The van der Waals surface area contributed by atoms with Gasteiger partial charge in [0.15, 0.2) is 0 Å². The van der Waals surface area contributed by atoms with Gasteiger partial charge in [0.25, 0.3) is 0 Å². The predicted octanol–water partition coefficient (Wildman–Crippen LogP) is 12.1. The van der Waals surface area contributed by atoms with Crippen molar-refractivity contribution in [2.45, 2.75) is 41.3 Å². The van der Waals surface area contributed by atoms with E-state index in [9.17, 15) is 0 Å². The summed E-state index contributed by atoms with van der Waals surface area (Å²) in [6.45, 7) is 22.1. The number of fused-ring (bicyclic) bond motifs is 6. The lowest BCUT2D eigenvalue weighted by atomic mass is 10.1. The summed E-state index contributed by atoms with van der Waals surface area (Å²) in [6.07, 6.45) is 15.6. The highest BCUT2D eigenvalue weighted by Gasteiger charge is 2.17. The summed E-state index contributed by atoms with van der Waals surface area (Å²) in [7, 11) is 3.88. The SMILES string of the molecule is C=C/C=C\C(=C/C)c1cc2c3cc(C)ccc3n(Cn3c4ccc(C)cc4c4cc(-c5ccccc5)ncc43)c2cn1.C=CC(C)C.C=CN(C)C. The lowest BCUT2D eigenvalue weighted by molar-refractivity contribution is 0.566. The van der Waals surface area contributed by atoms with Gasteiger partial charge in [-0.05, 0) is 74.9 Å². The van der Waals surface area contributed by atoms with Crippen LogP contribution in [0.15, 0.2) is 148 Å². The summed E-state index contributed by atoms with van der Waals surface area (Å²) in [5.41, 5.74) is 11.2. The molecular weight excluding hydrogens is 635 g/mol. The highest BCUT2D eigenvalue weighted by atomic mass is 15.2. The quantitative estimate of drug-likeness (QED) is 0.118. The zero-order valence-electron chi connectivity index (χ0n) is 31.8. The van der Waals surface area contributed by atoms with Gasteiger partial charge in [-0.2, -0.15) is 0 Å². The first-order valence-corrected chi connectivity index (χ1v) is 17.8. The third-order valence-corrected chi connectivity index (χ3v) is 9.02. The van der Waals surface area contributed by atoms with Crippen molar-refractivity contribution < 1.29 is 0 Å². The summed E-state index contributed by atoms with van der Waals surface area (Å²) >= 11 is 0. The molecule has 0 saturated heterocycles. The van der Waals surface area contributed by atoms with E-state index >= 15 is 0 Å². The lowest BCUT2D eigenvalue weighted by Crippen LogP contribution is -2.08. The summed E-state index contributed by atoms with van der Waals surface area (Å²) in [5.74, 6) is 0.648.